The van der Waals surface area contributed by atoms with Crippen LogP contribution in [0.4, 0.5) is 10.3 Å². The Bertz CT molecular complexity index is 647. The van der Waals surface area contributed by atoms with Crippen molar-refractivity contribution in [3.63, 3.8) is 0 Å². The summed E-state index contributed by atoms with van der Waals surface area (Å²) in [7, 11) is 0. The van der Waals surface area contributed by atoms with Crippen LogP contribution < -0.4 is 4.90 Å². The first-order chi connectivity index (χ1) is 11.2. The van der Waals surface area contributed by atoms with Gasteiger partial charge in [0.2, 0.25) is 5.95 Å². The van der Waals surface area contributed by atoms with E-state index in [1.807, 2.05) is 11.6 Å². The molecule has 2 fully saturated rings. The van der Waals surface area contributed by atoms with Crippen molar-refractivity contribution in [1.29, 1.82) is 0 Å². The summed E-state index contributed by atoms with van der Waals surface area (Å²) in [5.74, 6) is 0.278. The van der Waals surface area contributed by atoms with Gasteiger partial charge in [0.25, 0.3) is 0 Å². The van der Waals surface area contributed by atoms with E-state index in [0.717, 1.165) is 39.1 Å². The minimum absolute atomic E-state index is 0.313. The molecule has 0 aromatic carbocycles. The van der Waals surface area contributed by atoms with Gasteiger partial charge < -0.3 is 4.90 Å². The Morgan fingerprint density at radius 2 is 2.00 bits per heavy atom. The largest absolute Gasteiger partial charge is 0.340 e. The summed E-state index contributed by atoms with van der Waals surface area (Å²) in [6, 6.07) is 0. The lowest BCUT2D eigenvalue weighted by molar-refractivity contribution is 0.215. The van der Waals surface area contributed by atoms with Crippen molar-refractivity contribution in [3.8, 4) is 0 Å². The lowest BCUT2D eigenvalue weighted by Crippen LogP contribution is -2.45. The van der Waals surface area contributed by atoms with Gasteiger partial charge in [-0.25, -0.2) is 19.3 Å². The average molecular weight is 333 g/mol. The minimum Gasteiger partial charge on any atom is -0.340 e. The quantitative estimate of drug-likeness (QED) is 0.864. The molecule has 23 heavy (non-hydrogen) atoms. The molecule has 0 N–H and O–H groups in total. The second-order valence-electron chi connectivity index (χ2n) is 6.61. The molecule has 2 aliphatic rings. The van der Waals surface area contributed by atoms with E-state index in [-0.39, 0.29) is 5.82 Å². The van der Waals surface area contributed by atoms with Crippen LogP contribution in [0.3, 0.4) is 0 Å². The van der Waals surface area contributed by atoms with Crippen LogP contribution in [-0.2, 0) is 6.54 Å². The van der Waals surface area contributed by atoms with Crippen molar-refractivity contribution in [3.05, 3.63) is 34.8 Å². The summed E-state index contributed by atoms with van der Waals surface area (Å²) in [5.41, 5.74) is 0.313. The summed E-state index contributed by atoms with van der Waals surface area (Å²) < 4.78 is 13.0. The van der Waals surface area contributed by atoms with E-state index in [2.05, 4.69) is 24.8 Å². The fraction of sp³-hybridized carbons (Fsp3) is 0.562. The predicted molar refractivity (Wildman–Crippen MR) is 87.9 cm³/mol. The summed E-state index contributed by atoms with van der Waals surface area (Å²) in [5, 5.41) is 3.23. The van der Waals surface area contributed by atoms with E-state index in [9.17, 15) is 4.39 Å². The molecule has 1 atom stereocenters. The number of hydrogen-bond acceptors (Lipinski definition) is 6. The maximum absolute atomic E-state index is 13.0. The van der Waals surface area contributed by atoms with Crippen molar-refractivity contribution in [2.24, 2.45) is 5.41 Å². The maximum atomic E-state index is 13.0. The number of halogens is 1. The van der Waals surface area contributed by atoms with Gasteiger partial charge in [-0.15, -0.1) is 11.3 Å². The highest BCUT2D eigenvalue weighted by Gasteiger charge is 2.41. The minimum atomic E-state index is -0.379. The Morgan fingerprint density at radius 3 is 2.78 bits per heavy atom. The molecule has 2 saturated heterocycles. The zero-order chi connectivity index (χ0) is 15.7. The van der Waals surface area contributed by atoms with E-state index in [0.29, 0.717) is 11.4 Å². The van der Waals surface area contributed by atoms with Gasteiger partial charge >= 0.3 is 0 Å². The molecule has 7 heteroatoms. The number of likely N-dealkylation sites (tertiary alicyclic amines) is 1. The molecule has 5 nitrogen and oxygen atoms in total. The molecule has 0 unspecified atom stereocenters. The summed E-state index contributed by atoms with van der Waals surface area (Å²) in [4.78, 5) is 17.4. The van der Waals surface area contributed by atoms with Crippen LogP contribution in [-0.4, -0.2) is 46.0 Å². The highest BCUT2D eigenvalue weighted by Crippen LogP contribution is 2.40. The maximum Gasteiger partial charge on any atom is 0.225 e. The SMILES string of the molecule is Fc1cnc(N2CCC[C@@]3(CCN(Cc4nccs4)C3)C2)nc1. The number of piperidine rings is 1. The number of nitrogens with zero attached hydrogens (tertiary/aromatic N) is 5. The lowest BCUT2D eigenvalue weighted by Gasteiger charge is -2.40. The Hall–Kier alpha value is -1.60. The van der Waals surface area contributed by atoms with Gasteiger partial charge in [-0.1, -0.05) is 0 Å². The molecule has 0 bridgehead atoms. The van der Waals surface area contributed by atoms with Gasteiger partial charge in [-0.2, -0.15) is 0 Å². The zero-order valence-electron chi connectivity index (χ0n) is 13.0. The monoisotopic (exact) mass is 333 g/mol. The van der Waals surface area contributed by atoms with Crippen LogP contribution in [0, 0.1) is 11.2 Å². The number of thiazole rings is 1. The van der Waals surface area contributed by atoms with Crippen molar-refractivity contribution in [2.45, 2.75) is 25.8 Å². The molecule has 0 aliphatic carbocycles. The number of anilines is 1. The van der Waals surface area contributed by atoms with Gasteiger partial charge in [0, 0.05) is 36.6 Å². The summed E-state index contributed by atoms with van der Waals surface area (Å²) in [6.45, 7) is 5.10. The fourth-order valence-electron chi connectivity index (χ4n) is 3.87. The van der Waals surface area contributed by atoms with Crippen LogP contribution >= 0.6 is 11.3 Å². The highest BCUT2D eigenvalue weighted by atomic mass is 32.1. The predicted octanol–water partition coefficient (Wildman–Crippen LogP) is 2.56. The third kappa shape index (κ3) is 3.21. The van der Waals surface area contributed by atoms with Gasteiger partial charge in [-0.3, -0.25) is 4.90 Å². The first kappa shape index (κ1) is 15.0. The first-order valence-corrected chi connectivity index (χ1v) is 8.94. The molecule has 0 amide bonds. The summed E-state index contributed by atoms with van der Waals surface area (Å²) >= 11 is 1.72. The molecule has 2 aromatic heterocycles. The second kappa shape index (κ2) is 6.13. The molecule has 0 radical (unpaired) electrons. The topological polar surface area (TPSA) is 45.2 Å². The third-order valence-corrected chi connectivity index (χ3v) is 5.68. The van der Waals surface area contributed by atoms with E-state index in [1.54, 1.807) is 11.3 Å². The molecule has 1 spiro atoms. The molecule has 4 heterocycles. The Kier molecular flexibility index (Phi) is 3.98. The van der Waals surface area contributed by atoms with Gasteiger partial charge in [0.1, 0.15) is 5.01 Å². The molecule has 2 aliphatic heterocycles. The third-order valence-electron chi connectivity index (χ3n) is 4.91. The normalized spacial score (nSPS) is 25.3. The summed E-state index contributed by atoms with van der Waals surface area (Å²) in [6.07, 6.45) is 7.99. The van der Waals surface area contributed by atoms with Crippen LogP contribution in [0.2, 0.25) is 0 Å². The second-order valence-corrected chi connectivity index (χ2v) is 7.59. The van der Waals surface area contributed by atoms with Crippen molar-refractivity contribution >= 4 is 17.3 Å². The van der Waals surface area contributed by atoms with Gasteiger partial charge in [0.15, 0.2) is 5.82 Å². The van der Waals surface area contributed by atoms with Crippen molar-refractivity contribution in [1.82, 2.24) is 19.9 Å². The molecular formula is C16H20FN5S. The van der Waals surface area contributed by atoms with Crippen LogP contribution in [0.15, 0.2) is 24.0 Å². The van der Waals surface area contributed by atoms with E-state index < -0.39 is 0 Å². The fourth-order valence-corrected chi connectivity index (χ4v) is 4.52. The standard InChI is InChI=1S/C16H20FN5S/c17-13-8-19-15(20-9-13)22-5-1-2-16(12-22)3-6-21(11-16)10-14-18-4-7-23-14/h4,7-9H,1-3,5-6,10-12H2/t16-/m0/s1. The number of rotatable bonds is 3. The van der Waals surface area contributed by atoms with Crippen LogP contribution in [0.1, 0.15) is 24.3 Å². The number of hydrogen-bond donors (Lipinski definition) is 0. The Labute approximate surface area is 139 Å². The van der Waals surface area contributed by atoms with Crippen molar-refractivity contribution in [2.75, 3.05) is 31.1 Å². The Morgan fingerprint density at radius 1 is 1.13 bits per heavy atom. The molecule has 122 valence electrons. The van der Waals surface area contributed by atoms with Gasteiger partial charge in [0.05, 0.1) is 18.9 Å². The molecule has 2 aromatic rings. The first-order valence-electron chi connectivity index (χ1n) is 8.06. The average Bonchev–Trinajstić information content (AvgIpc) is 3.19. The zero-order valence-corrected chi connectivity index (χ0v) is 13.8. The van der Waals surface area contributed by atoms with E-state index >= 15 is 0 Å². The van der Waals surface area contributed by atoms with E-state index in [1.165, 1.54) is 30.2 Å². The number of aromatic nitrogens is 3. The van der Waals surface area contributed by atoms with Gasteiger partial charge in [-0.05, 0) is 25.8 Å². The van der Waals surface area contributed by atoms with Crippen LogP contribution in [0.25, 0.3) is 0 Å². The molecule has 0 saturated carbocycles. The van der Waals surface area contributed by atoms with Crippen molar-refractivity contribution < 1.29 is 4.39 Å². The highest BCUT2D eigenvalue weighted by molar-refractivity contribution is 7.09. The molecule has 4 rings (SSSR count). The van der Waals surface area contributed by atoms with Crippen LogP contribution in [0.5, 0.6) is 0 Å². The Balaban J connectivity index is 1.43. The molecular weight excluding hydrogens is 313 g/mol. The smallest absolute Gasteiger partial charge is 0.225 e. The lowest BCUT2D eigenvalue weighted by atomic mass is 9.79. The van der Waals surface area contributed by atoms with E-state index in [4.69, 9.17) is 0 Å².